The minimum absolute atomic E-state index is 0.0433. The van der Waals surface area contributed by atoms with E-state index in [2.05, 4.69) is 4.98 Å². The van der Waals surface area contributed by atoms with Gasteiger partial charge in [0.1, 0.15) is 24.9 Å². The smallest absolute Gasteiger partial charge is 0.335 e. The maximum absolute atomic E-state index is 12.7. The van der Waals surface area contributed by atoms with Gasteiger partial charge < -0.3 is 39.0 Å². The fraction of sp³-hybridized carbons (Fsp3) is 0.522. The van der Waals surface area contributed by atoms with Gasteiger partial charge in [0.25, 0.3) is 5.56 Å². The number of aliphatic hydroxyl groups is 3. The topological polar surface area (TPSA) is 188 Å². The number of carbonyl (C=O) groups is 2. The Morgan fingerprint density at radius 2 is 1.89 bits per heavy atom. The molecule has 1 saturated heterocycles. The van der Waals surface area contributed by atoms with Crippen LogP contribution in [0.3, 0.4) is 0 Å². The van der Waals surface area contributed by atoms with Crippen LogP contribution in [0, 0.1) is 0 Å². The molecule has 4 rings (SSSR count). The molecule has 0 radical (unpaired) electrons. The van der Waals surface area contributed by atoms with Gasteiger partial charge in [0.15, 0.2) is 17.4 Å². The van der Waals surface area contributed by atoms with Crippen molar-refractivity contribution in [2.75, 3.05) is 26.4 Å². The lowest BCUT2D eigenvalue weighted by molar-refractivity contribution is -0.145. The summed E-state index contributed by atoms with van der Waals surface area (Å²) < 4.78 is 19.2. The summed E-state index contributed by atoms with van der Waals surface area (Å²) in [6.07, 6.45) is 1.84. The van der Waals surface area contributed by atoms with E-state index in [1.54, 1.807) is 19.3 Å². The summed E-state index contributed by atoms with van der Waals surface area (Å²) in [5, 5.41) is 29.4. The average Bonchev–Trinajstić information content (AvgIpc) is 3.44. The first kappa shape index (κ1) is 27.3. The molecule has 2 aliphatic rings. The SMILES string of the molecule is Cn1cnc2c1c(=O)n(CC(=O)OCCCOC(=O)C1=CC=CN([C@@H]3O[C@H](CO)[C@@H](O)[C@H]3O)C1)c(=O)n2C. The second-order valence-corrected chi connectivity index (χ2v) is 8.91. The van der Waals surface area contributed by atoms with Gasteiger partial charge in [-0.05, 0) is 12.2 Å². The van der Waals surface area contributed by atoms with Gasteiger partial charge >= 0.3 is 17.6 Å². The van der Waals surface area contributed by atoms with Crippen LogP contribution in [0.25, 0.3) is 11.2 Å². The van der Waals surface area contributed by atoms with Crippen LogP contribution < -0.4 is 11.2 Å². The van der Waals surface area contributed by atoms with Crippen LogP contribution in [-0.4, -0.2) is 102 Å². The number of hydrogen-bond acceptors (Lipinski definition) is 12. The van der Waals surface area contributed by atoms with E-state index in [1.807, 2.05) is 0 Å². The summed E-state index contributed by atoms with van der Waals surface area (Å²) in [4.78, 5) is 55.4. The van der Waals surface area contributed by atoms with Crippen molar-refractivity contribution in [3.05, 3.63) is 51.1 Å². The highest BCUT2D eigenvalue weighted by Crippen LogP contribution is 2.26. The van der Waals surface area contributed by atoms with Gasteiger partial charge in [-0.1, -0.05) is 0 Å². The predicted molar refractivity (Wildman–Crippen MR) is 128 cm³/mol. The van der Waals surface area contributed by atoms with E-state index in [-0.39, 0.29) is 42.9 Å². The van der Waals surface area contributed by atoms with E-state index in [0.29, 0.717) is 0 Å². The van der Waals surface area contributed by atoms with Crippen molar-refractivity contribution >= 4 is 23.1 Å². The largest absolute Gasteiger partial charge is 0.464 e. The Balaban J connectivity index is 1.23. The van der Waals surface area contributed by atoms with Crippen molar-refractivity contribution in [2.45, 2.75) is 37.5 Å². The van der Waals surface area contributed by atoms with E-state index < -0.39 is 60.9 Å². The van der Waals surface area contributed by atoms with Crippen molar-refractivity contribution in [1.29, 1.82) is 0 Å². The Bertz CT molecular complexity index is 1390. The van der Waals surface area contributed by atoms with Crippen LogP contribution in [0.1, 0.15) is 6.42 Å². The van der Waals surface area contributed by atoms with Gasteiger partial charge in [0.05, 0.1) is 38.3 Å². The van der Waals surface area contributed by atoms with Gasteiger partial charge in [-0.3, -0.25) is 14.2 Å². The van der Waals surface area contributed by atoms with E-state index in [4.69, 9.17) is 14.2 Å². The van der Waals surface area contributed by atoms with Crippen molar-refractivity contribution in [1.82, 2.24) is 23.6 Å². The first-order valence-corrected chi connectivity index (χ1v) is 11.8. The third kappa shape index (κ3) is 5.26. The molecule has 1 fully saturated rings. The summed E-state index contributed by atoms with van der Waals surface area (Å²) in [7, 11) is 3.05. The molecule has 0 aliphatic carbocycles. The fourth-order valence-corrected chi connectivity index (χ4v) is 4.25. The molecular weight excluding hydrogens is 506 g/mol. The van der Waals surface area contributed by atoms with Gasteiger partial charge in [-0.2, -0.15) is 0 Å². The number of fused-ring (bicyclic) bond motifs is 1. The standard InChI is InChI=1S/C23H29N5O10/c1-25-12-24-19-16(25)20(33)28(23(35)26(19)2)10-15(30)36-7-4-8-37-22(34)13-5-3-6-27(9-13)21-18(32)17(31)14(11-29)38-21/h3,5-6,12,14,17-18,21,29,31-32H,4,7-11H2,1-2H3/t14-,17-,18-,21-/m1/s1. The Kier molecular flexibility index (Phi) is 8.11. The van der Waals surface area contributed by atoms with Crippen LogP contribution in [0.2, 0.25) is 0 Å². The molecule has 2 aromatic heterocycles. The molecule has 0 unspecified atom stereocenters. The molecule has 38 heavy (non-hydrogen) atoms. The lowest BCUT2D eigenvalue weighted by atomic mass is 10.1. The number of aliphatic hydroxyl groups excluding tert-OH is 3. The van der Waals surface area contributed by atoms with Crippen molar-refractivity contribution in [3.8, 4) is 0 Å². The predicted octanol–water partition coefficient (Wildman–Crippen LogP) is -2.90. The monoisotopic (exact) mass is 535 g/mol. The molecule has 2 aromatic rings. The highest BCUT2D eigenvalue weighted by atomic mass is 16.6. The van der Waals surface area contributed by atoms with Gasteiger partial charge in [0, 0.05) is 26.7 Å². The number of rotatable bonds is 9. The van der Waals surface area contributed by atoms with Crippen LogP contribution in [0.5, 0.6) is 0 Å². The molecule has 15 nitrogen and oxygen atoms in total. The van der Waals surface area contributed by atoms with Crippen LogP contribution in [-0.2, 0) is 44.4 Å². The maximum atomic E-state index is 12.7. The minimum Gasteiger partial charge on any atom is -0.464 e. The summed E-state index contributed by atoms with van der Waals surface area (Å²) in [5.74, 6) is -1.43. The number of aryl methyl sites for hydroxylation is 2. The summed E-state index contributed by atoms with van der Waals surface area (Å²) in [6, 6.07) is 0. The molecule has 0 amide bonds. The maximum Gasteiger partial charge on any atom is 0.335 e. The number of imidazole rings is 1. The number of nitrogens with zero attached hydrogens (tertiary/aromatic N) is 5. The average molecular weight is 536 g/mol. The van der Waals surface area contributed by atoms with E-state index >= 15 is 0 Å². The molecule has 0 aromatic carbocycles. The second-order valence-electron chi connectivity index (χ2n) is 8.91. The molecule has 2 aliphatic heterocycles. The first-order valence-electron chi connectivity index (χ1n) is 11.8. The van der Waals surface area contributed by atoms with Gasteiger partial charge in [-0.25, -0.2) is 19.1 Å². The van der Waals surface area contributed by atoms with Gasteiger partial charge in [0.2, 0.25) is 0 Å². The van der Waals surface area contributed by atoms with Gasteiger partial charge in [-0.15, -0.1) is 0 Å². The fourth-order valence-electron chi connectivity index (χ4n) is 4.25. The summed E-state index contributed by atoms with van der Waals surface area (Å²) >= 11 is 0. The molecule has 4 atom stereocenters. The van der Waals surface area contributed by atoms with E-state index in [0.717, 1.165) is 4.57 Å². The Hall–Kier alpha value is -3.79. The molecule has 0 spiro atoms. The van der Waals surface area contributed by atoms with E-state index in [1.165, 1.54) is 33.5 Å². The molecular formula is C23H29N5O10. The quantitative estimate of drug-likeness (QED) is 0.220. The van der Waals surface area contributed by atoms with E-state index in [9.17, 15) is 34.5 Å². The number of carbonyl (C=O) groups excluding carboxylic acids is 2. The minimum atomic E-state index is -1.27. The number of hydrogen-bond donors (Lipinski definition) is 3. The van der Waals surface area contributed by atoms with Crippen molar-refractivity contribution < 1.29 is 39.1 Å². The lowest BCUT2D eigenvalue weighted by Gasteiger charge is -2.31. The zero-order valence-corrected chi connectivity index (χ0v) is 20.8. The molecule has 0 bridgehead atoms. The summed E-state index contributed by atoms with van der Waals surface area (Å²) in [6.45, 7) is -1.18. The highest BCUT2D eigenvalue weighted by molar-refractivity contribution is 5.89. The Morgan fingerprint density at radius 3 is 2.61 bits per heavy atom. The van der Waals surface area contributed by atoms with Crippen LogP contribution in [0.4, 0.5) is 0 Å². The molecule has 0 saturated carbocycles. The summed E-state index contributed by atoms with van der Waals surface area (Å²) in [5.41, 5.74) is -0.708. The molecule has 3 N–H and O–H groups in total. The zero-order chi connectivity index (χ0) is 27.6. The second kappa shape index (κ2) is 11.3. The molecule has 206 valence electrons. The number of ether oxygens (including phenoxy) is 3. The first-order chi connectivity index (χ1) is 18.1. The van der Waals surface area contributed by atoms with Crippen molar-refractivity contribution in [2.24, 2.45) is 14.1 Å². The molecule has 4 heterocycles. The Morgan fingerprint density at radius 1 is 1.16 bits per heavy atom. The number of esters is 2. The normalized spacial score (nSPS) is 23.1. The highest BCUT2D eigenvalue weighted by Gasteiger charge is 2.45. The number of aromatic nitrogens is 4. The number of allylic oxidation sites excluding steroid dienone is 2. The Labute approximate surface area is 215 Å². The third-order valence-electron chi connectivity index (χ3n) is 6.31. The lowest BCUT2D eigenvalue weighted by Crippen LogP contribution is -2.43. The van der Waals surface area contributed by atoms with Crippen LogP contribution >= 0.6 is 0 Å². The van der Waals surface area contributed by atoms with Crippen LogP contribution in [0.15, 0.2) is 39.8 Å². The van der Waals surface area contributed by atoms with Crippen molar-refractivity contribution in [3.63, 3.8) is 0 Å². The molecule has 15 heteroatoms. The third-order valence-corrected chi connectivity index (χ3v) is 6.31. The zero-order valence-electron chi connectivity index (χ0n) is 20.8.